The molecule has 0 radical (unpaired) electrons. The van der Waals surface area contributed by atoms with Crippen LogP contribution >= 0.6 is 0 Å². The van der Waals surface area contributed by atoms with Gasteiger partial charge in [-0.2, -0.15) is 0 Å². The molecule has 2 unspecified atom stereocenters. The number of hydrogen-bond acceptors (Lipinski definition) is 2. The summed E-state index contributed by atoms with van der Waals surface area (Å²) in [6, 6.07) is 5.20. The molecule has 1 aliphatic heterocycles. The first kappa shape index (κ1) is 17.9. The Morgan fingerprint density at radius 1 is 1.08 bits per heavy atom. The third kappa shape index (κ3) is 4.00. The first-order valence-corrected chi connectivity index (χ1v) is 9.81. The molecule has 2 fully saturated rings. The van der Waals surface area contributed by atoms with Crippen LogP contribution in [0.5, 0.6) is 0 Å². The maximum Gasteiger partial charge on any atom is 0.126 e. The first-order valence-electron chi connectivity index (χ1n) is 9.81. The number of likely N-dealkylation sites (tertiary alicyclic amines) is 1. The van der Waals surface area contributed by atoms with E-state index in [-0.39, 0.29) is 11.7 Å². The lowest BCUT2D eigenvalue weighted by Gasteiger charge is -2.38. The van der Waals surface area contributed by atoms with E-state index in [0.29, 0.717) is 5.56 Å². The number of benzene rings is 1. The molecule has 2 atom stereocenters. The van der Waals surface area contributed by atoms with E-state index in [1.165, 1.54) is 44.6 Å². The van der Waals surface area contributed by atoms with Gasteiger partial charge in [0.15, 0.2) is 0 Å². The van der Waals surface area contributed by atoms with Gasteiger partial charge in [0.05, 0.1) is 5.60 Å². The normalized spacial score (nSPS) is 29.9. The zero-order valence-corrected chi connectivity index (χ0v) is 15.1. The van der Waals surface area contributed by atoms with Crippen LogP contribution in [0.1, 0.15) is 68.9 Å². The van der Waals surface area contributed by atoms with E-state index in [4.69, 9.17) is 0 Å². The van der Waals surface area contributed by atoms with Crippen LogP contribution in [0.3, 0.4) is 0 Å². The Balaban J connectivity index is 1.83. The quantitative estimate of drug-likeness (QED) is 0.805. The van der Waals surface area contributed by atoms with Crippen molar-refractivity contribution in [1.29, 1.82) is 0 Å². The highest BCUT2D eigenvalue weighted by Gasteiger charge is 2.40. The Morgan fingerprint density at radius 3 is 2.50 bits per heavy atom. The third-order valence-electron chi connectivity index (χ3n) is 6.12. The second-order valence-electron chi connectivity index (χ2n) is 7.90. The minimum Gasteiger partial charge on any atom is -0.385 e. The minimum atomic E-state index is -0.804. The van der Waals surface area contributed by atoms with Crippen LogP contribution in [-0.4, -0.2) is 29.6 Å². The van der Waals surface area contributed by atoms with Crippen LogP contribution in [0.4, 0.5) is 4.39 Å². The molecule has 1 aliphatic carbocycles. The number of hydrogen-bond donors (Lipinski definition) is 1. The van der Waals surface area contributed by atoms with E-state index in [9.17, 15) is 9.50 Å². The summed E-state index contributed by atoms with van der Waals surface area (Å²) < 4.78 is 13.7. The molecule has 0 bridgehead atoms. The predicted octanol–water partition coefficient (Wildman–Crippen LogP) is 4.78. The Morgan fingerprint density at radius 2 is 1.79 bits per heavy atom. The maximum absolute atomic E-state index is 13.7. The van der Waals surface area contributed by atoms with E-state index in [1.54, 1.807) is 6.92 Å². The van der Waals surface area contributed by atoms with Gasteiger partial charge in [-0.05, 0) is 62.9 Å². The minimum absolute atomic E-state index is 0.181. The van der Waals surface area contributed by atoms with Crippen molar-refractivity contribution in [3.8, 4) is 0 Å². The SMILES string of the molecule is Cc1cc(C2(O)CCCCCC2CN2CCCCCC2)ccc1F. The summed E-state index contributed by atoms with van der Waals surface area (Å²) in [5.41, 5.74) is 0.753. The summed E-state index contributed by atoms with van der Waals surface area (Å²) in [6.45, 7) is 5.10. The monoisotopic (exact) mass is 333 g/mol. The second-order valence-corrected chi connectivity index (χ2v) is 7.90. The van der Waals surface area contributed by atoms with Crippen LogP contribution in [0, 0.1) is 18.7 Å². The smallest absolute Gasteiger partial charge is 0.126 e. The van der Waals surface area contributed by atoms with Gasteiger partial charge in [-0.15, -0.1) is 0 Å². The predicted molar refractivity (Wildman–Crippen MR) is 96.5 cm³/mol. The Kier molecular flexibility index (Phi) is 5.93. The van der Waals surface area contributed by atoms with Crippen molar-refractivity contribution in [2.24, 2.45) is 5.92 Å². The molecule has 1 saturated heterocycles. The molecule has 1 N–H and O–H groups in total. The topological polar surface area (TPSA) is 23.5 Å². The molecule has 134 valence electrons. The van der Waals surface area contributed by atoms with Crippen molar-refractivity contribution in [2.75, 3.05) is 19.6 Å². The number of aryl methyl sites for hydroxylation is 1. The van der Waals surface area contributed by atoms with Gasteiger partial charge in [-0.25, -0.2) is 4.39 Å². The molecule has 0 amide bonds. The molecular weight excluding hydrogens is 301 g/mol. The van der Waals surface area contributed by atoms with Crippen LogP contribution in [-0.2, 0) is 5.60 Å². The van der Waals surface area contributed by atoms with E-state index < -0.39 is 5.60 Å². The van der Waals surface area contributed by atoms with Crippen molar-refractivity contribution >= 4 is 0 Å². The number of nitrogens with zero attached hydrogens (tertiary/aromatic N) is 1. The van der Waals surface area contributed by atoms with Crippen LogP contribution in [0.15, 0.2) is 18.2 Å². The van der Waals surface area contributed by atoms with E-state index in [1.807, 2.05) is 12.1 Å². The molecule has 3 heteroatoms. The van der Waals surface area contributed by atoms with Crippen molar-refractivity contribution in [3.63, 3.8) is 0 Å². The molecule has 24 heavy (non-hydrogen) atoms. The van der Waals surface area contributed by atoms with Gasteiger partial charge in [0, 0.05) is 12.5 Å². The van der Waals surface area contributed by atoms with E-state index >= 15 is 0 Å². The van der Waals surface area contributed by atoms with E-state index in [0.717, 1.165) is 44.5 Å². The third-order valence-corrected chi connectivity index (χ3v) is 6.12. The highest BCUT2D eigenvalue weighted by atomic mass is 19.1. The van der Waals surface area contributed by atoms with Crippen LogP contribution in [0.2, 0.25) is 0 Å². The van der Waals surface area contributed by atoms with Crippen molar-refractivity contribution < 1.29 is 9.50 Å². The van der Waals surface area contributed by atoms with Crippen LogP contribution in [0.25, 0.3) is 0 Å². The van der Waals surface area contributed by atoms with Gasteiger partial charge in [0.25, 0.3) is 0 Å². The van der Waals surface area contributed by atoms with Gasteiger partial charge >= 0.3 is 0 Å². The van der Waals surface area contributed by atoms with Crippen molar-refractivity contribution in [3.05, 3.63) is 35.1 Å². The molecule has 0 spiro atoms. The lowest BCUT2D eigenvalue weighted by atomic mass is 9.77. The van der Waals surface area contributed by atoms with Crippen molar-refractivity contribution in [1.82, 2.24) is 4.90 Å². The van der Waals surface area contributed by atoms with Gasteiger partial charge in [-0.3, -0.25) is 0 Å². The second kappa shape index (κ2) is 7.97. The zero-order chi connectivity index (χ0) is 17.0. The van der Waals surface area contributed by atoms with E-state index in [2.05, 4.69) is 4.90 Å². The summed E-state index contributed by atoms with van der Waals surface area (Å²) in [4.78, 5) is 2.56. The van der Waals surface area contributed by atoms with Gasteiger partial charge in [-0.1, -0.05) is 44.2 Å². The average Bonchev–Trinajstić information content (AvgIpc) is 2.93. The van der Waals surface area contributed by atoms with Crippen LogP contribution < -0.4 is 0 Å². The highest BCUT2D eigenvalue weighted by molar-refractivity contribution is 5.29. The lowest BCUT2D eigenvalue weighted by Crippen LogP contribution is -2.42. The number of halogens is 1. The molecule has 3 rings (SSSR count). The largest absolute Gasteiger partial charge is 0.385 e. The van der Waals surface area contributed by atoms with Crippen molar-refractivity contribution in [2.45, 2.75) is 70.3 Å². The summed E-state index contributed by atoms with van der Waals surface area (Å²) in [7, 11) is 0. The number of aliphatic hydroxyl groups is 1. The fourth-order valence-corrected chi connectivity index (χ4v) is 4.57. The average molecular weight is 333 g/mol. The molecule has 2 nitrogen and oxygen atoms in total. The molecule has 1 aromatic carbocycles. The highest BCUT2D eigenvalue weighted by Crippen LogP contribution is 2.41. The molecule has 1 heterocycles. The Labute approximate surface area is 146 Å². The summed E-state index contributed by atoms with van der Waals surface area (Å²) >= 11 is 0. The molecule has 0 aromatic heterocycles. The summed E-state index contributed by atoms with van der Waals surface area (Å²) in [5, 5.41) is 11.6. The summed E-state index contributed by atoms with van der Waals surface area (Å²) in [5.74, 6) is 0.0722. The Bertz CT molecular complexity index is 539. The van der Waals surface area contributed by atoms with Gasteiger partial charge in [0.2, 0.25) is 0 Å². The molecule has 2 aliphatic rings. The summed E-state index contributed by atoms with van der Waals surface area (Å²) in [6.07, 6.45) is 10.6. The lowest BCUT2D eigenvalue weighted by molar-refractivity contribution is -0.0428. The fraction of sp³-hybridized carbons (Fsp3) is 0.714. The standard InChI is InChI=1S/C21H32FNO/c1-17-15-18(10-11-20(17)22)21(24)12-6-4-5-9-19(21)16-23-13-7-2-3-8-14-23/h10-11,15,19,24H,2-9,12-14,16H2,1H3. The maximum atomic E-state index is 13.7. The Hall–Kier alpha value is -0.930. The number of rotatable bonds is 3. The zero-order valence-electron chi connectivity index (χ0n) is 15.1. The first-order chi connectivity index (χ1) is 11.6. The van der Waals surface area contributed by atoms with Gasteiger partial charge < -0.3 is 10.0 Å². The molecule has 1 saturated carbocycles. The molecule has 1 aromatic rings. The fourth-order valence-electron chi connectivity index (χ4n) is 4.57. The molecular formula is C21H32FNO. The van der Waals surface area contributed by atoms with Gasteiger partial charge in [0.1, 0.15) is 5.82 Å².